The first-order valence-corrected chi connectivity index (χ1v) is 6.82. The molecule has 6 nitrogen and oxygen atoms in total. The second-order valence-electron chi connectivity index (χ2n) is 4.47. The van der Waals surface area contributed by atoms with Crippen LogP contribution in [0.4, 0.5) is 11.4 Å². The van der Waals surface area contributed by atoms with Crippen LogP contribution in [0.1, 0.15) is 6.42 Å². The van der Waals surface area contributed by atoms with E-state index in [2.05, 4.69) is 15.7 Å². The topological polar surface area (TPSA) is 68.2 Å². The summed E-state index contributed by atoms with van der Waals surface area (Å²) < 4.78 is 6.85. The van der Waals surface area contributed by atoms with Crippen molar-refractivity contribution in [2.75, 3.05) is 24.3 Å². The van der Waals surface area contributed by atoms with Crippen LogP contribution in [0.2, 0.25) is 5.02 Å². The second kappa shape index (κ2) is 6.99. The van der Waals surface area contributed by atoms with Gasteiger partial charge >= 0.3 is 0 Å². The van der Waals surface area contributed by atoms with Gasteiger partial charge in [0.15, 0.2) is 0 Å². The van der Waals surface area contributed by atoms with E-state index in [0.29, 0.717) is 29.4 Å². The molecule has 2 aromatic rings. The molecule has 21 heavy (non-hydrogen) atoms. The molecule has 0 unspecified atom stereocenters. The number of carbonyl (C=O) groups excluding carboxylic acids is 1. The lowest BCUT2D eigenvalue weighted by Crippen LogP contribution is -2.16. The molecule has 0 aliphatic rings. The molecular formula is C14H17ClN4O2. The van der Waals surface area contributed by atoms with Crippen molar-refractivity contribution in [1.82, 2.24) is 9.78 Å². The normalized spacial score (nSPS) is 10.2. The second-order valence-corrected chi connectivity index (χ2v) is 4.91. The molecule has 2 rings (SSSR count). The Bertz CT molecular complexity index is 627. The maximum atomic E-state index is 11.8. The number of aryl methyl sites for hydroxylation is 1. The van der Waals surface area contributed by atoms with Gasteiger partial charge in [0, 0.05) is 31.2 Å². The zero-order valence-electron chi connectivity index (χ0n) is 11.9. The molecule has 0 aliphatic carbocycles. The number of anilines is 2. The van der Waals surface area contributed by atoms with Crippen molar-refractivity contribution in [1.29, 1.82) is 0 Å². The Balaban J connectivity index is 1.84. The highest BCUT2D eigenvalue weighted by molar-refractivity contribution is 6.30. The molecular weight excluding hydrogens is 292 g/mol. The summed E-state index contributed by atoms with van der Waals surface area (Å²) in [4.78, 5) is 11.8. The molecule has 0 saturated carbocycles. The van der Waals surface area contributed by atoms with Gasteiger partial charge in [-0.25, -0.2) is 0 Å². The summed E-state index contributed by atoms with van der Waals surface area (Å²) in [5.74, 6) is 0.601. The SMILES string of the molecule is COc1ccc(Cl)cc1NCCC(=O)Nc1cnn(C)c1. The van der Waals surface area contributed by atoms with E-state index < -0.39 is 0 Å². The molecule has 0 saturated heterocycles. The van der Waals surface area contributed by atoms with Gasteiger partial charge in [0.05, 0.1) is 24.7 Å². The Hall–Kier alpha value is -2.21. The Morgan fingerprint density at radius 2 is 2.29 bits per heavy atom. The fourth-order valence-corrected chi connectivity index (χ4v) is 2.01. The molecule has 1 amide bonds. The van der Waals surface area contributed by atoms with Crippen molar-refractivity contribution in [2.24, 2.45) is 7.05 Å². The number of hydrogen-bond acceptors (Lipinski definition) is 4. The largest absolute Gasteiger partial charge is 0.495 e. The van der Waals surface area contributed by atoms with Crippen LogP contribution in [0.3, 0.4) is 0 Å². The van der Waals surface area contributed by atoms with Crippen LogP contribution in [0, 0.1) is 0 Å². The van der Waals surface area contributed by atoms with Gasteiger partial charge in [0.1, 0.15) is 5.75 Å². The van der Waals surface area contributed by atoms with E-state index in [0.717, 1.165) is 5.69 Å². The lowest BCUT2D eigenvalue weighted by molar-refractivity contribution is -0.115. The van der Waals surface area contributed by atoms with Crippen molar-refractivity contribution in [3.05, 3.63) is 35.6 Å². The minimum atomic E-state index is -0.0866. The zero-order valence-corrected chi connectivity index (χ0v) is 12.6. The fourth-order valence-electron chi connectivity index (χ4n) is 1.84. The summed E-state index contributed by atoms with van der Waals surface area (Å²) in [6.07, 6.45) is 3.67. The van der Waals surface area contributed by atoms with E-state index in [1.54, 1.807) is 49.4 Å². The highest BCUT2D eigenvalue weighted by Gasteiger charge is 2.06. The van der Waals surface area contributed by atoms with Crippen molar-refractivity contribution < 1.29 is 9.53 Å². The lowest BCUT2D eigenvalue weighted by Gasteiger charge is -2.11. The van der Waals surface area contributed by atoms with E-state index in [1.165, 1.54) is 0 Å². The number of nitrogens with one attached hydrogen (secondary N) is 2. The molecule has 7 heteroatoms. The molecule has 0 bridgehead atoms. The first-order valence-electron chi connectivity index (χ1n) is 6.44. The maximum Gasteiger partial charge on any atom is 0.226 e. The van der Waals surface area contributed by atoms with E-state index in [-0.39, 0.29) is 5.91 Å². The highest BCUT2D eigenvalue weighted by Crippen LogP contribution is 2.27. The van der Waals surface area contributed by atoms with Gasteiger partial charge in [-0.2, -0.15) is 5.10 Å². The van der Waals surface area contributed by atoms with Crippen molar-refractivity contribution in [3.8, 4) is 5.75 Å². The van der Waals surface area contributed by atoms with E-state index in [1.807, 2.05) is 0 Å². The van der Waals surface area contributed by atoms with Crippen LogP contribution in [-0.4, -0.2) is 29.3 Å². The van der Waals surface area contributed by atoms with Crippen LogP contribution in [0.5, 0.6) is 5.75 Å². The number of carbonyl (C=O) groups is 1. The smallest absolute Gasteiger partial charge is 0.226 e. The minimum Gasteiger partial charge on any atom is -0.495 e. The predicted octanol–water partition coefficient (Wildman–Crippen LogP) is 2.52. The van der Waals surface area contributed by atoms with Crippen LogP contribution in [-0.2, 0) is 11.8 Å². The number of nitrogens with zero attached hydrogens (tertiary/aromatic N) is 2. The molecule has 0 radical (unpaired) electrons. The molecule has 2 N–H and O–H groups in total. The average molecular weight is 309 g/mol. The van der Waals surface area contributed by atoms with Gasteiger partial charge in [-0.05, 0) is 18.2 Å². The molecule has 1 aromatic carbocycles. The number of rotatable bonds is 6. The Morgan fingerprint density at radius 3 is 2.95 bits per heavy atom. The first kappa shape index (κ1) is 15.2. The average Bonchev–Trinajstić information content (AvgIpc) is 2.84. The number of methoxy groups -OCH3 is 1. The number of aromatic nitrogens is 2. The van der Waals surface area contributed by atoms with Crippen molar-refractivity contribution in [3.63, 3.8) is 0 Å². The van der Waals surface area contributed by atoms with Gasteiger partial charge in [0.2, 0.25) is 5.91 Å². The minimum absolute atomic E-state index is 0.0866. The number of hydrogen-bond donors (Lipinski definition) is 2. The first-order chi connectivity index (χ1) is 10.1. The molecule has 112 valence electrons. The zero-order chi connectivity index (χ0) is 15.2. The third-order valence-corrected chi connectivity index (χ3v) is 3.05. The maximum absolute atomic E-state index is 11.8. The van der Waals surface area contributed by atoms with Crippen LogP contribution >= 0.6 is 11.6 Å². The molecule has 0 aliphatic heterocycles. The predicted molar refractivity (Wildman–Crippen MR) is 82.9 cm³/mol. The summed E-state index contributed by atoms with van der Waals surface area (Å²) in [5, 5.41) is 10.5. The van der Waals surface area contributed by atoms with Gasteiger partial charge in [0.25, 0.3) is 0 Å². The van der Waals surface area contributed by atoms with E-state index in [4.69, 9.17) is 16.3 Å². The van der Waals surface area contributed by atoms with Crippen LogP contribution in [0.25, 0.3) is 0 Å². The van der Waals surface area contributed by atoms with Crippen molar-refractivity contribution in [2.45, 2.75) is 6.42 Å². The standard InChI is InChI=1S/C14H17ClN4O2/c1-19-9-11(8-17-19)18-14(20)5-6-16-12-7-10(15)3-4-13(12)21-2/h3-4,7-9,16H,5-6H2,1-2H3,(H,18,20). The lowest BCUT2D eigenvalue weighted by atomic mass is 10.2. The number of halogens is 1. The summed E-state index contributed by atoms with van der Waals surface area (Å²) in [5.41, 5.74) is 1.45. The summed E-state index contributed by atoms with van der Waals surface area (Å²) in [6, 6.07) is 5.29. The monoisotopic (exact) mass is 308 g/mol. The van der Waals surface area contributed by atoms with Gasteiger partial charge in [-0.1, -0.05) is 11.6 Å². The highest BCUT2D eigenvalue weighted by atomic mass is 35.5. The van der Waals surface area contributed by atoms with Gasteiger partial charge in [-0.15, -0.1) is 0 Å². The third kappa shape index (κ3) is 4.39. The van der Waals surface area contributed by atoms with Crippen LogP contribution < -0.4 is 15.4 Å². The molecule has 1 aromatic heterocycles. The van der Waals surface area contributed by atoms with Crippen LogP contribution in [0.15, 0.2) is 30.6 Å². The molecule has 0 atom stereocenters. The summed E-state index contributed by atoms with van der Waals surface area (Å²) in [6.45, 7) is 0.475. The van der Waals surface area contributed by atoms with E-state index >= 15 is 0 Å². The Labute approximate surface area is 128 Å². The molecule has 0 fully saturated rings. The summed E-state index contributed by atoms with van der Waals surface area (Å²) in [7, 11) is 3.38. The molecule has 1 heterocycles. The van der Waals surface area contributed by atoms with Gasteiger partial charge < -0.3 is 15.4 Å². The summed E-state index contributed by atoms with van der Waals surface area (Å²) >= 11 is 5.94. The Kier molecular flexibility index (Phi) is 5.05. The number of ether oxygens (including phenoxy) is 1. The van der Waals surface area contributed by atoms with Gasteiger partial charge in [-0.3, -0.25) is 9.48 Å². The fraction of sp³-hybridized carbons (Fsp3) is 0.286. The number of benzene rings is 1. The van der Waals surface area contributed by atoms with Crippen molar-refractivity contribution >= 4 is 28.9 Å². The van der Waals surface area contributed by atoms with E-state index in [9.17, 15) is 4.79 Å². The quantitative estimate of drug-likeness (QED) is 0.860. The molecule has 0 spiro atoms. The Morgan fingerprint density at radius 1 is 1.48 bits per heavy atom. The third-order valence-electron chi connectivity index (χ3n) is 2.82. The number of amides is 1.